The third-order valence-corrected chi connectivity index (χ3v) is 3.53. The van der Waals surface area contributed by atoms with Gasteiger partial charge in [-0.15, -0.1) is 0 Å². The van der Waals surface area contributed by atoms with Gasteiger partial charge in [-0.05, 0) is 49.3 Å². The van der Waals surface area contributed by atoms with E-state index in [2.05, 4.69) is 40.8 Å². The van der Waals surface area contributed by atoms with Crippen LogP contribution in [0.15, 0.2) is 42.6 Å². The molecule has 1 heterocycles. The molecule has 0 aliphatic rings. The monoisotopic (exact) mass is 301 g/mol. The summed E-state index contributed by atoms with van der Waals surface area (Å²) in [4.78, 5) is 3.12. The summed E-state index contributed by atoms with van der Waals surface area (Å²) in [5.74, 6) is 0.993. The maximum atomic E-state index is 5.31. The van der Waals surface area contributed by atoms with Gasteiger partial charge in [-0.25, -0.2) is 4.98 Å². The Hall–Kier alpha value is -2.14. The van der Waals surface area contributed by atoms with Crippen LogP contribution in [0.5, 0.6) is 0 Å². The Labute approximate surface area is 131 Å². The molecule has 0 unspecified atom stereocenters. The van der Waals surface area contributed by atoms with Crippen molar-refractivity contribution in [3.05, 3.63) is 53.7 Å². The summed E-state index contributed by atoms with van der Waals surface area (Å²) in [6, 6.07) is 12.1. The Morgan fingerprint density at radius 1 is 1.10 bits per heavy atom. The normalized spacial score (nSPS) is 10.0. The van der Waals surface area contributed by atoms with Crippen LogP contribution in [0, 0.1) is 13.8 Å². The summed E-state index contributed by atoms with van der Waals surface area (Å²) < 4.78 is 0. The number of aromatic amines is 1. The molecule has 5 heteroatoms. The second-order valence-corrected chi connectivity index (χ2v) is 5.24. The van der Waals surface area contributed by atoms with E-state index in [9.17, 15) is 0 Å². The van der Waals surface area contributed by atoms with Crippen LogP contribution < -0.4 is 20.9 Å². The third-order valence-electron chi connectivity index (χ3n) is 3.29. The Bertz CT molecular complexity index is 598. The number of aromatic nitrogens is 1. The first-order valence-electron chi connectivity index (χ1n) is 6.98. The van der Waals surface area contributed by atoms with Crippen molar-refractivity contribution in [3.8, 4) is 0 Å². The zero-order valence-electron chi connectivity index (χ0n) is 12.4. The molecular weight excluding hydrogens is 280 g/mol. The largest absolute Gasteiger partial charge is 0.359 e. The van der Waals surface area contributed by atoms with E-state index in [4.69, 9.17) is 12.2 Å². The first-order chi connectivity index (χ1) is 10.2. The average molecular weight is 301 g/mol. The molecule has 110 valence electrons. The Balaban J connectivity index is 1.74. The lowest BCUT2D eigenvalue weighted by Crippen LogP contribution is -2.33. The van der Waals surface area contributed by atoms with Gasteiger partial charge in [0.15, 0.2) is 5.11 Å². The summed E-state index contributed by atoms with van der Waals surface area (Å²) in [6.07, 6.45) is 1.89. The van der Waals surface area contributed by atoms with E-state index in [-0.39, 0.29) is 0 Å². The number of hydrogen-bond acceptors (Lipinski definition) is 2. The van der Waals surface area contributed by atoms with E-state index in [0.717, 1.165) is 24.6 Å². The third kappa shape index (κ3) is 4.72. The van der Waals surface area contributed by atoms with Crippen molar-refractivity contribution in [3.63, 3.8) is 0 Å². The molecule has 0 bridgehead atoms. The molecule has 0 radical (unpaired) electrons. The van der Waals surface area contributed by atoms with Crippen molar-refractivity contribution in [2.75, 3.05) is 23.7 Å². The van der Waals surface area contributed by atoms with Crippen molar-refractivity contribution in [1.29, 1.82) is 0 Å². The highest BCUT2D eigenvalue weighted by molar-refractivity contribution is 7.80. The lowest BCUT2D eigenvalue weighted by atomic mass is 10.1. The predicted octanol–water partition coefficient (Wildman–Crippen LogP) is 2.52. The topological polar surface area (TPSA) is 50.2 Å². The molecule has 0 amide bonds. The quantitative estimate of drug-likeness (QED) is 0.587. The van der Waals surface area contributed by atoms with E-state index < -0.39 is 0 Å². The number of hydrogen-bond donors (Lipinski definition) is 3. The Morgan fingerprint density at radius 2 is 1.95 bits per heavy atom. The molecule has 4 nitrogen and oxygen atoms in total. The highest BCUT2D eigenvalue weighted by Gasteiger charge is 2.03. The van der Waals surface area contributed by atoms with E-state index in [0.29, 0.717) is 5.11 Å². The summed E-state index contributed by atoms with van der Waals surface area (Å²) in [6.45, 7) is 5.72. The van der Waals surface area contributed by atoms with E-state index >= 15 is 0 Å². The van der Waals surface area contributed by atoms with Gasteiger partial charge < -0.3 is 10.6 Å². The lowest BCUT2D eigenvalue weighted by Gasteiger charge is -2.13. The minimum atomic E-state index is 0.641. The number of rotatable bonds is 5. The van der Waals surface area contributed by atoms with E-state index in [1.807, 2.05) is 36.5 Å². The molecule has 2 rings (SSSR count). The summed E-state index contributed by atoms with van der Waals surface area (Å²) in [5, 5.41) is 10.3. The number of thiocarbonyl (C=S) groups is 1. The minimum absolute atomic E-state index is 0.641. The van der Waals surface area contributed by atoms with Crippen molar-refractivity contribution >= 4 is 28.8 Å². The second-order valence-electron chi connectivity index (χ2n) is 4.83. The number of H-pyrrole nitrogens is 1. The molecule has 21 heavy (non-hydrogen) atoms. The molecule has 0 fully saturated rings. The van der Waals surface area contributed by atoms with Crippen LogP contribution in [-0.2, 0) is 0 Å². The SMILES string of the molecule is Cc1cccc(NC(=S)NCCNc2cccc[nH+]2)c1C. The van der Waals surface area contributed by atoms with Crippen molar-refractivity contribution in [1.82, 2.24) is 5.32 Å². The van der Waals surface area contributed by atoms with Crippen molar-refractivity contribution < 1.29 is 4.98 Å². The van der Waals surface area contributed by atoms with Gasteiger partial charge in [0.25, 0.3) is 5.82 Å². The van der Waals surface area contributed by atoms with Gasteiger partial charge in [-0.2, -0.15) is 0 Å². The van der Waals surface area contributed by atoms with E-state index in [1.54, 1.807) is 0 Å². The number of benzene rings is 1. The zero-order valence-corrected chi connectivity index (χ0v) is 13.2. The second kappa shape index (κ2) is 7.59. The molecule has 0 aliphatic carbocycles. The first kappa shape index (κ1) is 15.3. The molecule has 1 aromatic heterocycles. The minimum Gasteiger partial charge on any atom is -0.359 e. The van der Waals surface area contributed by atoms with Crippen LogP contribution >= 0.6 is 12.2 Å². The highest BCUT2D eigenvalue weighted by Crippen LogP contribution is 2.17. The van der Waals surface area contributed by atoms with Crippen LogP contribution in [0.4, 0.5) is 11.5 Å². The smallest absolute Gasteiger partial charge is 0.272 e. The fourth-order valence-corrected chi connectivity index (χ4v) is 2.14. The van der Waals surface area contributed by atoms with Gasteiger partial charge in [0, 0.05) is 11.8 Å². The number of pyridine rings is 1. The number of anilines is 2. The number of aryl methyl sites for hydroxylation is 1. The maximum absolute atomic E-state index is 5.31. The standard InChI is InChI=1S/C16H20N4S/c1-12-6-5-7-14(13(12)2)20-16(21)19-11-10-18-15-8-3-4-9-17-15/h3-9H,10-11H2,1-2H3,(H,17,18)(H2,19,20,21)/p+1. The molecule has 0 saturated heterocycles. The molecule has 4 N–H and O–H groups in total. The highest BCUT2D eigenvalue weighted by atomic mass is 32.1. The van der Waals surface area contributed by atoms with Gasteiger partial charge >= 0.3 is 0 Å². The van der Waals surface area contributed by atoms with Gasteiger partial charge in [-0.1, -0.05) is 18.2 Å². The van der Waals surface area contributed by atoms with Crippen LogP contribution in [0.1, 0.15) is 11.1 Å². The van der Waals surface area contributed by atoms with E-state index in [1.165, 1.54) is 11.1 Å². The Kier molecular flexibility index (Phi) is 5.51. The molecule has 0 aliphatic heterocycles. The molecular formula is C16H21N4S+. The summed E-state index contributed by atoms with van der Waals surface area (Å²) >= 11 is 5.31. The molecule has 2 aromatic rings. The van der Waals surface area contributed by atoms with Crippen LogP contribution in [0.2, 0.25) is 0 Å². The van der Waals surface area contributed by atoms with Gasteiger partial charge in [0.05, 0.1) is 12.7 Å². The van der Waals surface area contributed by atoms with Gasteiger partial charge in [0.2, 0.25) is 0 Å². The number of nitrogens with one attached hydrogen (secondary N) is 4. The van der Waals surface area contributed by atoms with Crippen molar-refractivity contribution in [2.24, 2.45) is 0 Å². The first-order valence-corrected chi connectivity index (χ1v) is 7.39. The van der Waals surface area contributed by atoms with Gasteiger partial charge in [-0.3, -0.25) is 5.32 Å². The molecule has 0 spiro atoms. The van der Waals surface area contributed by atoms with Crippen LogP contribution in [0.3, 0.4) is 0 Å². The zero-order chi connectivity index (χ0) is 15.1. The average Bonchev–Trinajstić information content (AvgIpc) is 2.49. The fourth-order valence-electron chi connectivity index (χ4n) is 1.93. The van der Waals surface area contributed by atoms with Crippen molar-refractivity contribution in [2.45, 2.75) is 13.8 Å². The molecule has 1 aromatic carbocycles. The molecule has 0 saturated carbocycles. The summed E-state index contributed by atoms with van der Waals surface area (Å²) in [7, 11) is 0. The maximum Gasteiger partial charge on any atom is 0.272 e. The van der Waals surface area contributed by atoms with Gasteiger partial charge in [0.1, 0.15) is 6.54 Å². The predicted molar refractivity (Wildman–Crippen MR) is 91.6 cm³/mol. The Morgan fingerprint density at radius 3 is 2.71 bits per heavy atom. The van der Waals surface area contributed by atoms with Crippen LogP contribution in [0.25, 0.3) is 0 Å². The lowest BCUT2D eigenvalue weighted by molar-refractivity contribution is -0.361. The molecule has 0 atom stereocenters. The van der Waals surface area contributed by atoms with Crippen LogP contribution in [-0.4, -0.2) is 18.2 Å². The summed E-state index contributed by atoms with van der Waals surface area (Å²) in [5.41, 5.74) is 3.53. The fraction of sp³-hybridized carbons (Fsp3) is 0.250.